The van der Waals surface area contributed by atoms with Gasteiger partial charge >= 0.3 is 0 Å². The van der Waals surface area contributed by atoms with Crippen LogP contribution in [0.3, 0.4) is 0 Å². The SMILES string of the molecule is CC1(C)CC2(C=C(N)C1=O)CN(C(=O)c1sc3c(Br)nccc3c1Cl)CCO2. The lowest BCUT2D eigenvalue weighted by Crippen LogP contribution is -2.57. The van der Waals surface area contributed by atoms with Gasteiger partial charge in [0, 0.05) is 23.5 Å². The van der Waals surface area contributed by atoms with Crippen LogP contribution in [0.2, 0.25) is 5.02 Å². The third kappa shape index (κ3) is 3.16. The van der Waals surface area contributed by atoms with Gasteiger partial charge in [-0.2, -0.15) is 0 Å². The summed E-state index contributed by atoms with van der Waals surface area (Å²) in [5, 5.41) is 1.23. The number of Topliss-reactive ketones (excluding diaryl/α,β-unsaturated/α-hetero) is 1. The van der Waals surface area contributed by atoms with Crippen LogP contribution in [-0.2, 0) is 9.53 Å². The van der Waals surface area contributed by atoms with E-state index in [0.717, 1.165) is 10.1 Å². The number of fused-ring (bicyclic) bond motifs is 1. The Hall–Kier alpha value is -1.48. The number of thiophene rings is 1. The minimum absolute atomic E-state index is 0.0879. The highest BCUT2D eigenvalue weighted by Crippen LogP contribution is 2.42. The fourth-order valence-corrected chi connectivity index (χ4v) is 6.06. The molecule has 2 N–H and O–H groups in total. The first kappa shape index (κ1) is 19.8. The van der Waals surface area contributed by atoms with Crippen molar-refractivity contribution in [2.75, 3.05) is 19.7 Å². The first-order valence-electron chi connectivity index (χ1n) is 8.82. The lowest BCUT2D eigenvalue weighted by Gasteiger charge is -2.46. The summed E-state index contributed by atoms with van der Waals surface area (Å²) in [6.07, 6.45) is 3.80. The Bertz CT molecular complexity index is 1030. The number of rotatable bonds is 1. The first-order valence-corrected chi connectivity index (χ1v) is 10.8. The molecule has 0 saturated carbocycles. The molecule has 148 valence electrons. The molecule has 0 aromatic carbocycles. The number of carbonyl (C=O) groups is 2. The number of ketones is 1. The van der Waals surface area contributed by atoms with Gasteiger partial charge in [0.15, 0.2) is 5.78 Å². The Kier molecular flexibility index (Phi) is 4.81. The summed E-state index contributed by atoms with van der Waals surface area (Å²) >= 11 is 11.2. The number of hydrogen-bond donors (Lipinski definition) is 1. The maximum Gasteiger partial charge on any atom is 0.265 e. The van der Waals surface area contributed by atoms with Gasteiger partial charge in [0.2, 0.25) is 0 Å². The highest BCUT2D eigenvalue weighted by atomic mass is 79.9. The minimum atomic E-state index is -0.763. The van der Waals surface area contributed by atoms with Crippen molar-refractivity contribution < 1.29 is 14.3 Å². The van der Waals surface area contributed by atoms with Crippen LogP contribution in [0.5, 0.6) is 0 Å². The molecule has 6 nitrogen and oxygen atoms in total. The summed E-state index contributed by atoms with van der Waals surface area (Å²) in [7, 11) is 0. The Labute approximate surface area is 179 Å². The molecule has 28 heavy (non-hydrogen) atoms. The lowest BCUT2D eigenvalue weighted by atomic mass is 9.71. The maximum absolute atomic E-state index is 13.3. The molecule has 2 aliphatic rings. The molecular formula is C19H19BrClN3O3S. The fraction of sp³-hybridized carbons (Fsp3) is 0.421. The second-order valence-electron chi connectivity index (χ2n) is 7.85. The maximum atomic E-state index is 13.3. The molecule has 1 aliphatic heterocycles. The number of ether oxygens (including phenoxy) is 1. The van der Waals surface area contributed by atoms with E-state index in [1.54, 1.807) is 23.2 Å². The summed E-state index contributed by atoms with van der Waals surface area (Å²) in [6.45, 7) is 4.86. The average molecular weight is 485 g/mol. The molecule has 2 aromatic rings. The third-order valence-corrected chi connectivity index (χ3v) is 7.80. The molecule has 9 heteroatoms. The Morgan fingerprint density at radius 2 is 2.21 bits per heavy atom. The van der Waals surface area contributed by atoms with Crippen molar-refractivity contribution in [3.63, 3.8) is 0 Å². The molecule has 3 heterocycles. The van der Waals surface area contributed by atoms with Crippen molar-refractivity contribution >= 4 is 60.6 Å². The molecule has 1 atom stereocenters. The fourth-order valence-electron chi connectivity index (χ4n) is 4.04. The van der Waals surface area contributed by atoms with Gasteiger partial charge in [0.1, 0.15) is 15.1 Å². The molecule has 1 fully saturated rings. The zero-order valence-electron chi connectivity index (χ0n) is 15.4. The van der Waals surface area contributed by atoms with E-state index in [1.807, 2.05) is 13.8 Å². The zero-order chi connectivity index (χ0) is 20.3. The molecule has 1 unspecified atom stereocenters. The number of hydrogen-bond acceptors (Lipinski definition) is 6. The van der Waals surface area contributed by atoms with Crippen LogP contribution < -0.4 is 5.73 Å². The largest absolute Gasteiger partial charge is 0.396 e. The number of carbonyl (C=O) groups excluding carboxylic acids is 2. The summed E-state index contributed by atoms with van der Waals surface area (Å²) < 4.78 is 7.54. The normalized spacial score (nSPS) is 24.6. The second kappa shape index (κ2) is 6.79. The van der Waals surface area contributed by atoms with E-state index >= 15 is 0 Å². The third-order valence-electron chi connectivity index (χ3n) is 5.23. The summed E-state index contributed by atoms with van der Waals surface area (Å²) in [4.78, 5) is 32.0. The number of nitrogens with two attached hydrogens (primary N) is 1. The quantitative estimate of drug-likeness (QED) is 0.623. The molecule has 1 spiro atoms. The molecule has 0 bridgehead atoms. The molecule has 0 radical (unpaired) electrons. The summed E-state index contributed by atoms with van der Waals surface area (Å²) in [6, 6.07) is 1.80. The number of allylic oxidation sites excluding steroid dienone is 1. The van der Waals surface area contributed by atoms with Gasteiger partial charge in [-0.3, -0.25) is 9.59 Å². The molecule has 1 amide bonds. The van der Waals surface area contributed by atoms with Crippen molar-refractivity contribution in [3.8, 4) is 0 Å². The number of amides is 1. The van der Waals surface area contributed by atoms with Gasteiger partial charge in [-0.1, -0.05) is 25.4 Å². The van der Waals surface area contributed by atoms with Crippen molar-refractivity contribution in [2.45, 2.75) is 25.9 Å². The van der Waals surface area contributed by atoms with E-state index in [-0.39, 0.29) is 17.4 Å². The van der Waals surface area contributed by atoms with Crippen molar-refractivity contribution in [2.24, 2.45) is 11.1 Å². The van der Waals surface area contributed by atoms with Crippen LogP contribution in [0.15, 0.2) is 28.6 Å². The van der Waals surface area contributed by atoms with E-state index in [0.29, 0.717) is 40.6 Å². The van der Waals surface area contributed by atoms with Gasteiger partial charge in [0.25, 0.3) is 5.91 Å². The Morgan fingerprint density at radius 3 is 2.89 bits per heavy atom. The van der Waals surface area contributed by atoms with Crippen LogP contribution in [0.1, 0.15) is 29.9 Å². The lowest BCUT2D eigenvalue weighted by molar-refractivity contribution is -0.135. The highest BCUT2D eigenvalue weighted by Gasteiger charge is 2.48. The monoisotopic (exact) mass is 483 g/mol. The predicted molar refractivity (Wildman–Crippen MR) is 113 cm³/mol. The zero-order valence-corrected chi connectivity index (χ0v) is 18.6. The highest BCUT2D eigenvalue weighted by molar-refractivity contribution is 9.10. The number of nitrogens with zero attached hydrogens (tertiary/aromatic N) is 2. The summed E-state index contributed by atoms with van der Waals surface area (Å²) in [5.41, 5.74) is 4.77. The minimum Gasteiger partial charge on any atom is -0.396 e. The second-order valence-corrected chi connectivity index (χ2v) is 10.0. The van der Waals surface area contributed by atoms with E-state index in [9.17, 15) is 9.59 Å². The number of aromatic nitrogens is 1. The van der Waals surface area contributed by atoms with Gasteiger partial charge in [-0.15, -0.1) is 11.3 Å². The van der Waals surface area contributed by atoms with Gasteiger partial charge in [-0.05, 0) is 34.5 Å². The van der Waals surface area contributed by atoms with Crippen LogP contribution in [0, 0.1) is 5.41 Å². The van der Waals surface area contributed by atoms with Gasteiger partial charge in [0.05, 0.1) is 28.6 Å². The van der Waals surface area contributed by atoms with Crippen LogP contribution >= 0.6 is 38.9 Å². The average Bonchev–Trinajstić information content (AvgIpc) is 2.97. The molecule has 1 saturated heterocycles. The number of halogens is 2. The Balaban J connectivity index is 1.68. The van der Waals surface area contributed by atoms with Crippen molar-refractivity contribution in [3.05, 3.63) is 38.5 Å². The molecule has 2 aromatic heterocycles. The van der Waals surface area contributed by atoms with E-state index < -0.39 is 11.0 Å². The smallest absolute Gasteiger partial charge is 0.265 e. The van der Waals surface area contributed by atoms with Crippen molar-refractivity contribution in [1.29, 1.82) is 0 Å². The van der Waals surface area contributed by atoms with Gasteiger partial charge < -0.3 is 15.4 Å². The van der Waals surface area contributed by atoms with Crippen LogP contribution in [0.4, 0.5) is 0 Å². The number of pyridine rings is 1. The van der Waals surface area contributed by atoms with E-state index in [1.165, 1.54) is 11.3 Å². The van der Waals surface area contributed by atoms with E-state index in [4.69, 9.17) is 22.1 Å². The van der Waals surface area contributed by atoms with Gasteiger partial charge in [-0.25, -0.2) is 4.98 Å². The van der Waals surface area contributed by atoms with Crippen LogP contribution in [0.25, 0.3) is 10.1 Å². The van der Waals surface area contributed by atoms with Crippen LogP contribution in [-0.4, -0.2) is 46.9 Å². The molecular weight excluding hydrogens is 466 g/mol. The number of morpholine rings is 1. The Morgan fingerprint density at radius 1 is 1.46 bits per heavy atom. The molecule has 4 rings (SSSR count). The predicted octanol–water partition coefficient (Wildman–Crippen LogP) is 3.77. The van der Waals surface area contributed by atoms with E-state index in [2.05, 4.69) is 20.9 Å². The topological polar surface area (TPSA) is 85.5 Å². The van der Waals surface area contributed by atoms with Crippen molar-refractivity contribution in [1.82, 2.24) is 9.88 Å². The first-order chi connectivity index (χ1) is 13.1. The summed E-state index contributed by atoms with van der Waals surface area (Å²) in [5.74, 6) is -0.238. The molecule has 1 aliphatic carbocycles. The standard InChI is InChI=1S/C19H19BrClN3O3S/c1-18(2)8-19(7-11(22)15(18)25)9-24(5-6-27-19)17(26)14-12(21)10-3-4-23-16(20)13(10)28-14/h3-4,7H,5-6,8-9,22H2,1-2H3.